The molecule has 2 atom stereocenters. The predicted molar refractivity (Wildman–Crippen MR) is 60.1 cm³/mol. The number of carbonyl (C=O) groups is 2. The van der Waals surface area contributed by atoms with Crippen LogP contribution in [0.15, 0.2) is 0 Å². The van der Waals surface area contributed by atoms with Crippen molar-refractivity contribution in [3.8, 4) is 0 Å². The van der Waals surface area contributed by atoms with Crippen molar-refractivity contribution >= 4 is 11.9 Å². The van der Waals surface area contributed by atoms with Crippen molar-refractivity contribution in [2.45, 2.75) is 32.7 Å². The van der Waals surface area contributed by atoms with Gasteiger partial charge >= 0.3 is 5.97 Å². The smallest absolute Gasteiger partial charge is 0.308 e. The normalized spacial score (nSPS) is 22.1. The van der Waals surface area contributed by atoms with E-state index in [0.717, 1.165) is 6.54 Å². The lowest BCUT2D eigenvalue weighted by molar-refractivity contribution is -0.141. The number of likely N-dealkylation sites (tertiary alicyclic amines) is 1. The van der Waals surface area contributed by atoms with Crippen molar-refractivity contribution in [3.63, 3.8) is 0 Å². The molecule has 1 fully saturated rings. The summed E-state index contributed by atoms with van der Waals surface area (Å²) in [6.07, 6.45) is 1.02. The summed E-state index contributed by atoms with van der Waals surface area (Å²) in [6, 6.07) is 0.154. The van der Waals surface area contributed by atoms with E-state index in [-0.39, 0.29) is 17.9 Å². The van der Waals surface area contributed by atoms with E-state index in [0.29, 0.717) is 25.9 Å². The van der Waals surface area contributed by atoms with Crippen LogP contribution in [0.25, 0.3) is 0 Å². The van der Waals surface area contributed by atoms with Crippen molar-refractivity contribution < 1.29 is 14.7 Å². The largest absolute Gasteiger partial charge is 0.481 e. The zero-order chi connectivity index (χ0) is 12.1. The molecule has 1 rings (SSSR count). The van der Waals surface area contributed by atoms with Crippen LogP contribution in [0.5, 0.6) is 0 Å². The van der Waals surface area contributed by atoms with Gasteiger partial charge in [-0.2, -0.15) is 0 Å². The zero-order valence-electron chi connectivity index (χ0n) is 9.90. The maximum absolute atomic E-state index is 11.8. The van der Waals surface area contributed by atoms with Gasteiger partial charge in [-0.25, -0.2) is 0 Å². The van der Waals surface area contributed by atoms with Crippen molar-refractivity contribution in [2.24, 2.45) is 5.92 Å². The Balaban J connectivity index is 2.36. The molecule has 1 amide bonds. The quantitative estimate of drug-likeness (QED) is 0.710. The van der Waals surface area contributed by atoms with E-state index in [2.05, 4.69) is 5.32 Å². The summed E-state index contributed by atoms with van der Waals surface area (Å²) < 4.78 is 0. The third-order valence-corrected chi connectivity index (χ3v) is 2.92. The number of rotatable bonds is 5. The number of aliphatic carboxylic acids is 1. The highest BCUT2D eigenvalue weighted by atomic mass is 16.4. The molecule has 92 valence electrons. The number of carboxylic acids is 1. The van der Waals surface area contributed by atoms with Crippen LogP contribution in [-0.2, 0) is 9.59 Å². The molecule has 1 heterocycles. The van der Waals surface area contributed by atoms with Crippen LogP contribution in [0, 0.1) is 5.92 Å². The number of hydrogen-bond donors (Lipinski definition) is 2. The minimum atomic E-state index is -0.796. The Kier molecular flexibility index (Phi) is 4.73. The van der Waals surface area contributed by atoms with E-state index in [4.69, 9.17) is 5.11 Å². The van der Waals surface area contributed by atoms with Gasteiger partial charge in [0, 0.05) is 25.6 Å². The SMILES string of the molecule is CCNC(C)CC(=O)N1CCC(C(=O)O)C1. The van der Waals surface area contributed by atoms with Gasteiger partial charge in [0.05, 0.1) is 5.92 Å². The highest BCUT2D eigenvalue weighted by Gasteiger charge is 2.30. The van der Waals surface area contributed by atoms with Gasteiger partial charge in [-0.3, -0.25) is 9.59 Å². The molecule has 5 nitrogen and oxygen atoms in total. The van der Waals surface area contributed by atoms with E-state index >= 15 is 0 Å². The average Bonchev–Trinajstić information content (AvgIpc) is 2.66. The number of amides is 1. The number of carboxylic acid groups (broad SMARTS) is 1. The first-order valence-electron chi connectivity index (χ1n) is 5.78. The molecular formula is C11H20N2O3. The molecule has 0 aromatic heterocycles. The maximum Gasteiger partial charge on any atom is 0.308 e. The summed E-state index contributed by atoms with van der Waals surface area (Å²) in [5.41, 5.74) is 0. The third-order valence-electron chi connectivity index (χ3n) is 2.92. The average molecular weight is 228 g/mol. The zero-order valence-corrected chi connectivity index (χ0v) is 9.90. The van der Waals surface area contributed by atoms with Crippen LogP contribution < -0.4 is 5.32 Å². The topological polar surface area (TPSA) is 69.6 Å². The van der Waals surface area contributed by atoms with Crippen molar-refractivity contribution in [2.75, 3.05) is 19.6 Å². The van der Waals surface area contributed by atoms with Gasteiger partial charge in [-0.05, 0) is 19.9 Å². The van der Waals surface area contributed by atoms with Crippen LogP contribution in [0.1, 0.15) is 26.7 Å². The number of hydrogen-bond acceptors (Lipinski definition) is 3. The Morgan fingerprint density at radius 3 is 2.75 bits per heavy atom. The molecule has 1 aliphatic rings. The molecule has 0 aliphatic carbocycles. The van der Waals surface area contributed by atoms with Gasteiger partial charge in [0.25, 0.3) is 0 Å². The number of nitrogens with zero attached hydrogens (tertiary/aromatic N) is 1. The van der Waals surface area contributed by atoms with E-state index in [9.17, 15) is 9.59 Å². The second-order valence-electron chi connectivity index (χ2n) is 4.33. The Labute approximate surface area is 95.8 Å². The second kappa shape index (κ2) is 5.84. The number of carbonyl (C=O) groups excluding carboxylic acids is 1. The fourth-order valence-electron chi connectivity index (χ4n) is 2.00. The van der Waals surface area contributed by atoms with Crippen LogP contribution in [0.3, 0.4) is 0 Å². The van der Waals surface area contributed by atoms with Crippen molar-refractivity contribution in [3.05, 3.63) is 0 Å². The summed E-state index contributed by atoms with van der Waals surface area (Å²) >= 11 is 0. The van der Waals surface area contributed by atoms with Crippen molar-refractivity contribution in [1.82, 2.24) is 10.2 Å². The third kappa shape index (κ3) is 3.48. The fraction of sp³-hybridized carbons (Fsp3) is 0.818. The summed E-state index contributed by atoms with van der Waals surface area (Å²) in [7, 11) is 0. The van der Waals surface area contributed by atoms with Gasteiger partial charge in [-0.1, -0.05) is 6.92 Å². The lowest BCUT2D eigenvalue weighted by atomic mass is 10.1. The van der Waals surface area contributed by atoms with Crippen LogP contribution in [0.2, 0.25) is 0 Å². The molecule has 1 saturated heterocycles. The van der Waals surface area contributed by atoms with Gasteiger partial charge in [0.15, 0.2) is 0 Å². The highest BCUT2D eigenvalue weighted by Crippen LogP contribution is 2.17. The molecular weight excluding hydrogens is 208 g/mol. The molecule has 0 saturated carbocycles. The monoisotopic (exact) mass is 228 g/mol. The lowest BCUT2D eigenvalue weighted by Crippen LogP contribution is -2.36. The molecule has 0 aromatic carbocycles. The molecule has 0 aromatic rings. The minimum absolute atomic E-state index is 0.0530. The van der Waals surface area contributed by atoms with Gasteiger partial charge in [0.1, 0.15) is 0 Å². The first-order valence-corrected chi connectivity index (χ1v) is 5.78. The van der Waals surface area contributed by atoms with E-state index < -0.39 is 5.97 Å². The predicted octanol–water partition coefficient (Wildman–Crippen LogP) is 0.308. The second-order valence-corrected chi connectivity index (χ2v) is 4.33. The Bertz CT molecular complexity index is 268. The van der Waals surface area contributed by atoms with Gasteiger partial charge < -0.3 is 15.3 Å². The standard InChI is InChI=1S/C11H20N2O3/c1-3-12-8(2)6-10(14)13-5-4-9(7-13)11(15)16/h8-9,12H,3-7H2,1-2H3,(H,15,16). The molecule has 2 N–H and O–H groups in total. The molecule has 0 bridgehead atoms. The first kappa shape index (κ1) is 13.0. The van der Waals surface area contributed by atoms with Crippen molar-refractivity contribution in [1.29, 1.82) is 0 Å². The summed E-state index contributed by atoms with van der Waals surface area (Å²) in [4.78, 5) is 24.2. The van der Waals surface area contributed by atoms with Crippen LogP contribution in [0.4, 0.5) is 0 Å². The fourth-order valence-corrected chi connectivity index (χ4v) is 2.00. The summed E-state index contributed by atoms with van der Waals surface area (Å²) in [5, 5.41) is 12.0. The Morgan fingerprint density at radius 1 is 1.56 bits per heavy atom. The molecule has 5 heteroatoms. The van der Waals surface area contributed by atoms with Gasteiger partial charge in [-0.15, -0.1) is 0 Å². The van der Waals surface area contributed by atoms with Gasteiger partial charge in [0.2, 0.25) is 5.91 Å². The van der Waals surface area contributed by atoms with E-state index in [1.54, 1.807) is 4.90 Å². The highest BCUT2D eigenvalue weighted by molar-refractivity contribution is 5.79. The minimum Gasteiger partial charge on any atom is -0.481 e. The lowest BCUT2D eigenvalue weighted by Gasteiger charge is -2.19. The Morgan fingerprint density at radius 2 is 2.25 bits per heavy atom. The summed E-state index contributed by atoms with van der Waals surface area (Å²) in [6.45, 7) is 5.75. The van der Waals surface area contributed by atoms with E-state index in [1.807, 2.05) is 13.8 Å². The summed E-state index contributed by atoms with van der Waals surface area (Å²) in [5.74, 6) is -1.12. The van der Waals surface area contributed by atoms with Crippen LogP contribution in [-0.4, -0.2) is 47.6 Å². The molecule has 2 unspecified atom stereocenters. The molecule has 16 heavy (non-hydrogen) atoms. The Hall–Kier alpha value is -1.10. The maximum atomic E-state index is 11.8. The number of nitrogens with one attached hydrogen (secondary N) is 1. The van der Waals surface area contributed by atoms with E-state index in [1.165, 1.54) is 0 Å². The van der Waals surface area contributed by atoms with Crippen LogP contribution >= 0.6 is 0 Å². The first-order chi connectivity index (χ1) is 7.54. The molecule has 1 aliphatic heterocycles. The molecule has 0 radical (unpaired) electrons. The molecule has 0 spiro atoms.